The number of nitrogens with zero attached hydrogens (tertiary/aromatic N) is 1. The lowest BCUT2D eigenvalue weighted by Crippen LogP contribution is -1.97. The quantitative estimate of drug-likeness (QED) is 0.752. The number of hydrogen-bond donors (Lipinski definition) is 1. The molecular weight excluding hydrogens is 162 g/mol. The Hall–Kier alpha value is -0.890. The largest absolute Gasteiger partial charge is 0.389 e. The highest BCUT2D eigenvalue weighted by Crippen LogP contribution is 2.39. The van der Waals surface area contributed by atoms with Crippen LogP contribution in [0, 0.1) is 6.92 Å². The van der Waals surface area contributed by atoms with Crippen molar-refractivity contribution in [3.05, 3.63) is 29.1 Å². The van der Waals surface area contributed by atoms with Crippen LogP contribution in [-0.4, -0.2) is 10.1 Å². The van der Waals surface area contributed by atoms with Crippen molar-refractivity contribution in [2.75, 3.05) is 0 Å². The third-order valence-electron chi connectivity index (χ3n) is 2.47. The molecule has 0 bridgehead atoms. The van der Waals surface area contributed by atoms with Crippen LogP contribution in [0.3, 0.4) is 0 Å². The molecule has 1 heterocycles. The van der Waals surface area contributed by atoms with Crippen molar-refractivity contribution in [1.82, 2.24) is 4.98 Å². The molecule has 2 nitrogen and oxygen atoms in total. The van der Waals surface area contributed by atoms with Crippen LogP contribution in [0.4, 0.5) is 0 Å². The molecule has 1 aromatic heterocycles. The van der Waals surface area contributed by atoms with E-state index in [1.165, 1.54) is 12.8 Å². The molecule has 2 rings (SSSR count). The molecule has 1 fully saturated rings. The Kier molecular flexibility index (Phi) is 2.08. The van der Waals surface area contributed by atoms with E-state index in [4.69, 9.17) is 0 Å². The van der Waals surface area contributed by atoms with Crippen molar-refractivity contribution in [3.63, 3.8) is 0 Å². The van der Waals surface area contributed by atoms with Gasteiger partial charge in [-0.1, -0.05) is 0 Å². The minimum atomic E-state index is -0.376. The molecule has 1 aromatic rings. The highest BCUT2D eigenvalue weighted by molar-refractivity contribution is 5.26. The Morgan fingerprint density at radius 2 is 2.15 bits per heavy atom. The summed E-state index contributed by atoms with van der Waals surface area (Å²) in [5.74, 6) is 0.664. The molecule has 1 saturated carbocycles. The van der Waals surface area contributed by atoms with Crippen molar-refractivity contribution in [1.29, 1.82) is 0 Å². The first kappa shape index (κ1) is 8.70. The van der Waals surface area contributed by atoms with Crippen LogP contribution in [0.25, 0.3) is 0 Å². The van der Waals surface area contributed by atoms with E-state index in [1.807, 2.05) is 19.1 Å². The third kappa shape index (κ3) is 1.89. The van der Waals surface area contributed by atoms with E-state index in [-0.39, 0.29) is 6.10 Å². The van der Waals surface area contributed by atoms with Gasteiger partial charge in [0.05, 0.1) is 6.10 Å². The number of hydrogen-bond acceptors (Lipinski definition) is 2. The van der Waals surface area contributed by atoms with Gasteiger partial charge >= 0.3 is 0 Å². The van der Waals surface area contributed by atoms with Gasteiger partial charge in [0.25, 0.3) is 0 Å². The average molecular weight is 177 g/mol. The molecule has 1 aliphatic rings. The van der Waals surface area contributed by atoms with Gasteiger partial charge in [-0.3, -0.25) is 4.98 Å². The van der Waals surface area contributed by atoms with Gasteiger partial charge < -0.3 is 5.11 Å². The lowest BCUT2D eigenvalue weighted by molar-refractivity contribution is 0.199. The van der Waals surface area contributed by atoms with E-state index in [9.17, 15) is 5.11 Å². The predicted octanol–water partition coefficient (Wildman–Crippen LogP) is 2.32. The minimum absolute atomic E-state index is 0.376. The van der Waals surface area contributed by atoms with E-state index in [1.54, 1.807) is 6.92 Å². The monoisotopic (exact) mass is 177 g/mol. The molecule has 1 unspecified atom stereocenters. The molecule has 0 saturated heterocycles. The number of pyridine rings is 1. The van der Waals surface area contributed by atoms with Gasteiger partial charge in [0, 0.05) is 17.3 Å². The zero-order valence-electron chi connectivity index (χ0n) is 8.12. The summed E-state index contributed by atoms with van der Waals surface area (Å²) in [6.45, 7) is 3.78. The summed E-state index contributed by atoms with van der Waals surface area (Å²) in [6.07, 6.45) is 2.14. The van der Waals surface area contributed by atoms with E-state index in [0.717, 1.165) is 17.0 Å². The Bertz CT molecular complexity index is 296. The maximum Gasteiger partial charge on any atom is 0.0763 e. The van der Waals surface area contributed by atoms with Gasteiger partial charge in [-0.2, -0.15) is 0 Å². The summed E-state index contributed by atoms with van der Waals surface area (Å²) in [4.78, 5) is 4.47. The first-order valence-corrected chi connectivity index (χ1v) is 4.83. The van der Waals surface area contributed by atoms with Crippen LogP contribution >= 0.6 is 0 Å². The lowest BCUT2D eigenvalue weighted by Gasteiger charge is -2.07. The molecule has 1 atom stereocenters. The second kappa shape index (κ2) is 3.11. The molecule has 0 spiro atoms. The smallest absolute Gasteiger partial charge is 0.0763 e. The third-order valence-corrected chi connectivity index (χ3v) is 2.47. The molecule has 70 valence electrons. The van der Waals surface area contributed by atoms with E-state index in [0.29, 0.717) is 5.92 Å². The Morgan fingerprint density at radius 3 is 2.69 bits per heavy atom. The van der Waals surface area contributed by atoms with Crippen LogP contribution < -0.4 is 0 Å². The van der Waals surface area contributed by atoms with Crippen molar-refractivity contribution < 1.29 is 5.11 Å². The molecule has 2 heteroatoms. The number of aromatic nitrogens is 1. The maximum atomic E-state index is 9.45. The van der Waals surface area contributed by atoms with Gasteiger partial charge in [-0.05, 0) is 44.4 Å². The first-order chi connectivity index (χ1) is 6.16. The van der Waals surface area contributed by atoms with Crippen molar-refractivity contribution in [3.8, 4) is 0 Å². The number of aliphatic hydroxyl groups excluding tert-OH is 1. The number of aryl methyl sites for hydroxylation is 1. The van der Waals surface area contributed by atoms with Crippen LogP contribution in [0.1, 0.15) is 48.7 Å². The molecule has 0 amide bonds. The van der Waals surface area contributed by atoms with Gasteiger partial charge in [0.15, 0.2) is 0 Å². The number of aliphatic hydroxyl groups is 1. The molecule has 0 radical (unpaired) electrons. The molecule has 13 heavy (non-hydrogen) atoms. The lowest BCUT2D eigenvalue weighted by atomic mass is 10.1. The van der Waals surface area contributed by atoms with Crippen molar-refractivity contribution in [2.45, 2.75) is 38.7 Å². The predicted molar refractivity (Wildman–Crippen MR) is 51.6 cm³/mol. The summed E-state index contributed by atoms with van der Waals surface area (Å²) in [5.41, 5.74) is 3.17. The molecule has 1 N–H and O–H groups in total. The fourth-order valence-electron chi connectivity index (χ4n) is 1.55. The molecular formula is C11H15NO. The average Bonchev–Trinajstić information content (AvgIpc) is 2.85. The summed E-state index contributed by atoms with van der Waals surface area (Å²) in [6, 6.07) is 3.99. The zero-order chi connectivity index (χ0) is 9.42. The minimum Gasteiger partial charge on any atom is -0.389 e. The van der Waals surface area contributed by atoms with Crippen LogP contribution in [0.15, 0.2) is 12.1 Å². The van der Waals surface area contributed by atoms with Gasteiger partial charge in [-0.15, -0.1) is 0 Å². The fraction of sp³-hybridized carbons (Fsp3) is 0.545. The SMILES string of the molecule is Cc1cc(C(C)O)cc(C2CC2)n1. The summed E-state index contributed by atoms with van der Waals surface area (Å²) in [5, 5.41) is 9.45. The normalized spacial score (nSPS) is 18.7. The Labute approximate surface area is 78.6 Å². The van der Waals surface area contributed by atoms with E-state index in [2.05, 4.69) is 4.98 Å². The molecule has 1 aliphatic carbocycles. The van der Waals surface area contributed by atoms with Gasteiger partial charge in [-0.25, -0.2) is 0 Å². The summed E-state index contributed by atoms with van der Waals surface area (Å²) >= 11 is 0. The van der Waals surface area contributed by atoms with Gasteiger partial charge in [0.2, 0.25) is 0 Å². The highest BCUT2D eigenvalue weighted by atomic mass is 16.3. The molecule has 0 aliphatic heterocycles. The second-order valence-electron chi connectivity index (χ2n) is 3.92. The maximum absolute atomic E-state index is 9.45. The van der Waals surface area contributed by atoms with Crippen molar-refractivity contribution in [2.24, 2.45) is 0 Å². The Balaban J connectivity index is 2.36. The standard InChI is InChI=1S/C11H15NO/c1-7-5-10(8(2)13)6-11(12-7)9-3-4-9/h5-6,8-9,13H,3-4H2,1-2H3. The van der Waals surface area contributed by atoms with Crippen LogP contribution in [0.2, 0.25) is 0 Å². The van der Waals surface area contributed by atoms with Crippen LogP contribution in [-0.2, 0) is 0 Å². The highest BCUT2D eigenvalue weighted by Gasteiger charge is 2.25. The fourth-order valence-corrected chi connectivity index (χ4v) is 1.55. The Morgan fingerprint density at radius 1 is 1.46 bits per heavy atom. The van der Waals surface area contributed by atoms with Crippen molar-refractivity contribution >= 4 is 0 Å². The zero-order valence-corrected chi connectivity index (χ0v) is 8.12. The molecule has 0 aromatic carbocycles. The number of rotatable bonds is 2. The summed E-state index contributed by atoms with van der Waals surface area (Å²) in [7, 11) is 0. The second-order valence-corrected chi connectivity index (χ2v) is 3.92. The van der Waals surface area contributed by atoms with Crippen LogP contribution in [0.5, 0.6) is 0 Å². The van der Waals surface area contributed by atoms with E-state index < -0.39 is 0 Å². The summed E-state index contributed by atoms with van der Waals surface area (Å²) < 4.78 is 0. The topological polar surface area (TPSA) is 33.1 Å². The van der Waals surface area contributed by atoms with E-state index >= 15 is 0 Å². The first-order valence-electron chi connectivity index (χ1n) is 4.83. The van der Waals surface area contributed by atoms with Gasteiger partial charge in [0.1, 0.15) is 0 Å².